The molecule has 122 valence electrons. The van der Waals surface area contributed by atoms with Crippen LogP contribution in [0.2, 0.25) is 0 Å². The van der Waals surface area contributed by atoms with Gasteiger partial charge in [0.25, 0.3) is 0 Å². The molecule has 23 heavy (non-hydrogen) atoms. The maximum Gasteiger partial charge on any atom is 0.222 e. The Bertz CT molecular complexity index is 608. The molecule has 2 heterocycles. The average molecular weight is 311 g/mol. The fraction of sp³-hybridized carbons (Fsp3) is 0.444. The van der Waals surface area contributed by atoms with Gasteiger partial charge in [0.1, 0.15) is 5.82 Å². The van der Waals surface area contributed by atoms with E-state index >= 15 is 0 Å². The number of hydrogen-bond acceptors (Lipinski definition) is 5. The van der Waals surface area contributed by atoms with Crippen molar-refractivity contribution in [1.29, 1.82) is 0 Å². The molecule has 0 unspecified atom stereocenters. The number of nitrogens with two attached hydrogens (primary N) is 1. The molecule has 2 N–H and O–H groups in total. The van der Waals surface area contributed by atoms with Gasteiger partial charge >= 0.3 is 0 Å². The molecule has 0 spiro atoms. The van der Waals surface area contributed by atoms with Gasteiger partial charge < -0.3 is 15.5 Å². The van der Waals surface area contributed by atoms with E-state index < -0.39 is 0 Å². The first-order chi connectivity index (χ1) is 11.2. The van der Waals surface area contributed by atoms with Crippen LogP contribution in [-0.4, -0.2) is 47.6 Å². The van der Waals surface area contributed by atoms with Crippen molar-refractivity contribution in [2.24, 2.45) is 0 Å². The summed E-state index contributed by atoms with van der Waals surface area (Å²) in [7, 11) is 0. The van der Waals surface area contributed by atoms with Crippen molar-refractivity contribution >= 4 is 11.8 Å². The van der Waals surface area contributed by atoms with Crippen LogP contribution < -0.4 is 10.6 Å². The highest BCUT2D eigenvalue weighted by Gasteiger charge is 2.16. The second kappa shape index (κ2) is 7.42. The molecule has 5 heteroatoms. The summed E-state index contributed by atoms with van der Waals surface area (Å²) in [6, 6.07) is 12.7. The first-order valence-electron chi connectivity index (χ1n) is 8.33. The van der Waals surface area contributed by atoms with Crippen molar-refractivity contribution in [2.75, 3.05) is 43.4 Å². The van der Waals surface area contributed by atoms with Gasteiger partial charge in [-0.25, -0.2) is 4.98 Å². The van der Waals surface area contributed by atoms with E-state index in [9.17, 15) is 0 Å². The molecule has 0 amide bonds. The van der Waals surface area contributed by atoms with Gasteiger partial charge in [0.15, 0.2) is 0 Å². The smallest absolute Gasteiger partial charge is 0.222 e. The van der Waals surface area contributed by atoms with Crippen molar-refractivity contribution in [2.45, 2.75) is 19.8 Å². The summed E-state index contributed by atoms with van der Waals surface area (Å²) >= 11 is 0. The lowest BCUT2D eigenvalue weighted by atomic mass is 10.1. The predicted molar refractivity (Wildman–Crippen MR) is 94.6 cm³/mol. The zero-order valence-corrected chi connectivity index (χ0v) is 13.8. The van der Waals surface area contributed by atoms with E-state index in [2.05, 4.69) is 50.1 Å². The van der Waals surface area contributed by atoms with Crippen LogP contribution in [0, 0.1) is 6.92 Å². The lowest BCUT2D eigenvalue weighted by Gasteiger charge is -2.23. The number of nitrogen functional groups attached to an aromatic ring is 1. The van der Waals surface area contributed by atoms with E-state index in [4.69, 9.17) is 5.73 Å². The van der Waals surface area contributed by atoms with Crippen LogP contribution in [0.15, 0.2) is 36.4 Å². The Balaban J connectivity index is 1.56. The molecule has 0 aliphatic carbocycles. The first-order valence-corrected chi connectivity index (χ1v) is 8.33. The fourth-order valence-electron chi connectivity index (χ4n) is 3.09. The van der Waals surface area contributed by atoms with E-state index in [0.717, 1.165) is 57.1 Å². The number of aryl methyl sites for hydroxylation is 1. The van der Waals surface area contributed by atoms with Crippen LogP contribution in [0.3, 0.4) is 0 Å². The molecule has 0 radical (unpaired) electrons. The normalized spacial score (nSPS) is 16.3. The number of rotatable bonds is 4. The van der Waals surface area contributed by atoms with Crippen LogP contribution in [0.5, 0.6) is 0 Å². The number of anilines is 2. The van der Waals surface area contributed by atoms with Gasteiger partial charge in [-0.15, -0.1) is 0 Å². The van der Waals surface area contributed by atoms with Gasteiger partial charge in [0, 0.05) is 37.9 Å². The summed E-state index contributed by atoms with van der Waals surface area (Å²) in [5.41, 5.74) is 8.12. The third kappa shape index (κ3) is 4.42. The molecule has 0 bridgehead atoms. The maximum absolute atomic E-state index is 5.79. The van der Waals surface area contributed by atoms with Crippen LogP contribution in [0.25, 0.3) is 0 Å². The van der Waals surface area contributed by atoms with Crippen LogP contribution in [0.4, 0.5) is 11.8 Å². The van der Waals surface area contributed by atoms with Gasteiger partial charge in [-0.05, 0) is 31.9 Å². The summed E-state index contributed by atoms with van der Waals surface area (Å²) in [6.45, 7) is 7.30. The average Bonchev–Trinajstić information content (AvgIpc) is 2.79. The number of hydrogen-bond donors (Lipinski definition) is 1. The van der Waals surface area contributed by atoms with Crippen molar-refractivity contribution in [3.05, 3.63) is 47.7 Å². The second-order valence-electron chi connectivity index (χ2n) is 6.14. The Kier molecular flexibility index (Phi) is 5.08. The quantitative estimate of drug-likeness (QED) is 0.937. The van der Waals surface area contributed by atoms with Crippen LogP contribution >= 0.6 is 0 Å². The Morgan fingerprint density at radius 2 is 1.87 bits per heavy atom. The van der Waals surface area contributed by atoms with Gasteiger partial charge in [0.2, 0.25) is 5.95 Å². The van der Waals surface area contributed by atoms with Crippen molar-refractivity contribution < 1.29 is 0 Å². The molecule has 0 atom stereocenters. The van der Waals surface area contributed by atoms with Crippen molar-refractivity contribution in [3.8, 4) is 0 Å². The van der Waals surface area contributed by atoms with E-state index in [1.165, 1.54) is 5.56 Å². The van der Waals surface area contributed by atoms with E-state index in [1.807, 2.05) is 13.0 Å². The van der Waals surface area contributed by atoms with Crippen LogP contribution in [-0.2, 0) is 6.42 Å². The van der Waals surface area contributed by atoms with Crippen LogP contribution in [0.1, 0.15) is 17.7 Å². The highest BCUT2D eigenvalue weighted by Crippen LogP contribution is 2.16. The Hall–Kier alpha value is -2.14. The molecule has 1 aliphatic heterocycles. The third-order valence-electron chi connectivity index (χ3n) is 4.33. The molecule has 2 aromatic rings. The van der Waals surface area contributed by atoms with E-state index in [-0.39, 0.29) is 0 Å². The molecule has 1 fully saturated rings. The first kappa shape index (κ1) is 15.7. The fourth-order valence-corrected chi connectivity index (χ4v) is 3.09. The Morgan fingerprint density at radius 1 is 1.04 bits per heavy atom. The highest BCUT2D eigenvalue weighted by atomic mass is 15.3. The molecule has 1 aromatic heterocycles. The van der Waals surface area contributed by atoms with E-state index in [0.29, 0.717) is 5.95 Å². The predicted octanol–water partition coefficient (Wildman–Crippen LogP) is 2.12. The highest BCUT2D eigenvalue weighted by molar-refractivity contribution is 5.43. The molecule has 1 aliphatic rings. The molecule has 1 aromatic carbocycles. The monoisotopic (exact) mass is 311 g/mol. The minimum Gasteiger partial charge on any atom is -0.368 e. The minimum atomic E-state index is 0.366. The number of nitrogens with zero attached hydrogens (tertiary/aromatic N) is 4. The molecule has 5 nitrogen and oxygen atoms in total. The number of aromatic nitrogens is 2. The summed E-state index contributed by atoms with van der Waals surface area (Å²) < 4.78 is 0. The maximum atomic E-state index is 5.79. The zero-order valence-electron chi connectivity index (χ0n) is 13.8. The second-order valence-corrected chi connectivity index (χ2v) is 6.14. The minimum absolute atomic E-state index is 0.366. The largest absolute Gasteiger partial charge is 0.368 e. The number of benzene rings is 1. The van der Waals surface area contributed by atoms with Crippen molar-refractivity contribution in [1.82, 2.24) is 14.9 Å². The molecule has 3 rings (SSSR count). The van der Waals surface area contributed by atoms with E-state index in [1.54, 1.807) is 0 Å². The van der Waals surface area contributed by atoms with Gasteiger partial charge in [-0.1, -0.05) is 30.3 Å². The molecular weight excluding hydrogens is 286 g/mol. The summed E-state index contributed by atoms with van der Waals surface area (Å²) in [4.78, 5) is 13.4. The molecule has 1 saturated heterocycles. The topological polar surface area (TPSA) is 58.3 Å². The standard InChI is InChI=1S/C18H25N5/c1-15-14-17(21-18(19)20-15)23-10-5-9-22(12-13-23)11-8-16-6-3-2-4-7-16/h2-4,6-7,14H,5,8-13H2,1H3,(H2,19,20,21). The zero-order chi connectivity index (χ0) is 16.1. The van der Waals surface area contributed by atoms with Crippen molar-refractivity contribution in [3.63, 3.8) is 0 Å². The molecule has 0 saturated carbocycles. The summed E-state index contributed by atoms with van der Waals surface area (Å²) in [5, 5.41) is 0. The van der Waals surface area contributed by atoms with Gasteiger partial charge in [-0.2, -0.15) is 4.98 Å². The lowest BCUT2D eigenvalue weighted by molar-refractivity contribution is 0.297. The SMILES string of the molecule is Cc1cc(N2CCCN(CCc3ccccc3)CC2)nc(N)n1. The summed E-state index contributed by atoms with van der Waals surface area (Å²) in [5.74, 6) is 1.32. The molecular formula is C18H25N5. The third-order valence-corrected chi connectivity index (χ3v) is 4.33. The summed E-state index contributed by atoms with van der Waals surface area (Å²) in [6.07, 6.45) is 2.26. The Labute approximate surface area is 138 Å². The lowest BCUT2D eigenvalue weighted by Crippen LogP contribution is -2.32. The van der Waals surface area contributed by atoms with Gasteiger partial charge in [0.05, 0.1) is 0 Å². The Morgan fingerprint density at radius 3 is 2.65 bits per heavy atom. The van der Waals surface area contributed by atoms with Gasteiger partial charge in [-0.3, -0.25) is 0 Å².